The molecule has 2 aliphatic rings. The van der Waals surface area contributed by atoms with Gasteiger partial charge in [0.25, 0.3) is 0 Å². The van der Waals surface area contributed by atoms with Crippen LogP contribution in [0, 0.1) is 5.92 Å². The highest BCUT2D eigenvalue weighted by atomic mass is 32.1. The number of anilines is 1. The molecule has 1 N–H and O–H groups in total. The lowest BCUT2D eigenvalue weighted by Gasteiger charge is -2.20. The summed E-state index contributed by atoms with van der Waals surface area (Å²) in [4.78, 5) is 16.9. The number of ether oxygens (including phenoxy) is 1. The van der Waals surface area contributed by atoms with Gasteiger partial charge in [-0.1, -0.05) is 12.1 Å². The average molecular weight is 342 g/mol. The van der Waals surface area contributed by atoms with Crippen molar-refractivity contribution in [3.8, 4) is 11.3 Å². The number of aromatic nitrogens is 1. The maximum absolute atomic E-state index is 12.3. The van der Waals surface area contributed by atoms with Crippen molar-refractivity contribution in [1.82, 2.24) is 4.98 Å². The van der Waals surface area contributed by atoms with Crippen LogP contribution in [0.25, 0.3) is 11.3 Å². The lowest BCUT2D eigenvalue weighted by atomic mass is 9.90. The minimum absolute atomic E-state index is 0.0508. The van der Waals surface area contributed by atoms with Crippen LogP contribution in [-0.4, -0.2) is 24.1 Å². The maximum Gasteiger partial charge on any atom is 0.229 e. The predicted octanol–water partition coefficient (Wildman–Crippen LogP) is 4.05. The number of carbonyl (C=O) groups excluding carboxylic acids is 1. The molecule has 0 unspecified atom stereocenters. The van der Waals surface area contributed by atoms with E-state index in [1.807, 2.05) is 5.38 Å². The summed E-state index contributed by atoms with van der Waals surface area (Å²) in [5.41, 5.74) is 5.04. The van der Waals surface area contributed by atoms with E-state index in [2.05, 4.69) is 28.5 Å². The molecule has 2 heterocycles. The van der Waals surface area contributed by atoms with E-state index in [1.54, 1.807) is 0 Å². The number of benzene rings is 1. The highest BCUT2D eigenvalue weighted by Crippen LogP contribution is 2.30. The molecule has 1 aromatic heterocycles. The van der Waals surface area contributed by atoms with Crippen LogP contribution < -0.4 is 5.32 Å². The second-order valence-electron chi connectivity index (χ2n) is 6.60. The monoisotopic (exact) mass is 342 g/mol. The second-order valence-corrected chi connectivity index (χ2v) is 7.46. The molecule has 4 nitrogen and oxygen atoms in total. The Morgan fingerprint density at radius 1 is 1.17 bits per heavy atom. The molecule has 1 amide bonds. The van der Waals surface area contributed by atoms with Crippen molar-refractivity contribution in [3.05, 3.63) is 34.7 Å². The third kappa shape index (κ3) is 3.37. The van der Waals surface area contributed by atoms with Crippen molar-refractivity contribution in [2.45, 2.75) is 38.5 Å². The number of fused-ring (bicyclic) bond motifs is 1. The molecule has 4 rings (SSSR count). The summed E-state index contributed by atoms with van der Waals surface area (Å²) in [6.07, 6.45) is 6.54. The van der Waals surface area contributed by atoms with Crippen LogP contribution in [0.2, 0.25) is 0 Å². The number of thiazole rings is 1. The van der Waals surface area contributed by atoms with E-state index in [0.29, 0.717) is 18.3 Å². The van der Waals surface area contributed by atoms with Gasteiger partial charge in [-0.2, -0.15) is 0 Å². The molecule has 5 heteroatoms. The smallest absolute Gasteiger partial charge is 0.229 e. The molecule has 1 fully saturated rings. The Labute approximate surface area is 146 Å². The van der Waals surface area contributed by atoms with Crippen molar-refractivity contribution in [3.63, 3.8) is 0 Å². The number of nitrogens with zero attached hydrogens (tertiary/aromatic N) is 1. The maximum atomic E-state index is 12.3. The van der Waals surface area contributed by atoms with Gasteiger partial charge in [0.05, 0.1) is 5.69 Å². The first-order chi connectivity index (χ1) is 11.8. The molecule has 0 bridgehead atoms. The summed E-state index contributed by atoms with van der Waals surface area (Å²) in [5.74, 6) is 0.125. The summed E-state index contributed by atoms with van der Waals surface area (Å²) in [5, 5.41) is 5.70. The van der Waals surface area contributed by atoms with Gasteiger partial charge in [0.15, 0.2) is 5.13 Å². The van der Waals surface area contributed by atoms with Crippen LogP contribution in [0.1, 0.15) is 36.8 Å². The predicted molar refractivity (Wildman–Crippen MR) is 96.4 cm³/mol. The zero-order chi connectivity index (χ0) is 16.4. The van der Waals surface area contributed by atoms with E-state index in [9.17, 15) is 4.79 Å². The SMILES string of the molecule is O=C(Nc1nc(-c2ccc3c(c2)CCCC3)cs1)C1CCOCC1. The zero-order valence-corrected chi connectivity index (χ0v) is 14.5. The number of hydrogen-bond donors (Lipinski definition) is 1. The number of aryl methyl sites for hydroxylation is 2. The second kappa shape index (κ2) is 7.03. The third-order valence-electron chi connectivity index (χ3n) is 4.97. The van der Waals surface area contributed by atoms with Crippen LogP contribution in [0.4, 0.5) is 5.13 Å². The highest BCUT2D eigenvalue weighted by molar-refractivity contribution is 7.14. The number of hydrogen-bond acceptors (Lipinski definition) is 4. The lowest BCUT2D eigenvalue weighted by molar-refractivity contribution is -0.122. The van der Waals surface area contributed by atoms with Gasteiger partial charge < -0.3 is 10.1 Å². The molecule has 2 aromatic rings. The van der Waals surface area contributed by atoms with Gasteiger partial charge in [-0.05, 0) is 55.7 Å². The van der Waals surface area contributed by atoms with Crippen LogP contribution in [-0.2, 0) is 22.4 Å². The van der Waals surface area contributed by atoms with Crippen molar-refractivity contribution in [2.24, 2.45) is 5.92 Å². The van der Waals surface area contributed by atoms with E-state index in [1.165, 1.54) is 48.1 Å². The molecule has 1 aliphatic carbocycles. The Bertz CT molecular complexity index is 735. The molecular formula is C19H22N2O2S. The van der Waals surface area contributed by atoms with Gasteiger partial charge in [0, 0.05) is 30.1 Å². The van der Waals surface area contributed by atoms with Crippen LogP contribution in [0.3, 0.4) is 0 Å². The van der Waals surface area contributed by atoms with E-state index in [4.69, 9.17) is 4.74 Å². The van der Waals surface area contributed by atoms with Gasteiger partial charge in [-0.25, -0.2) is 4.98 Å². The van der Waals surface area contributed by atoms with Gasteiger partial charge in [0.2, 0.25) is 5.91 Å². The van der Waals surface area contributed by atoms with Crippen molar-refractivity contribution < 1.29 is 9.53 Å². The molecule has 0 radical (unpaired) electrons. The molecule has 1 saturated heterocycles. The van der Waals surface area contributed by atoms with Gasteiger partial charge in [-0.15, -0.1) is 11.3 Å². The zero-order valence-electron chi connectivity index (χ0n) is 13.7. The lowest BCUT2D eigenvalue weighted by Crippen LogP contribution is -2.28. The summed E-state index contributed by atoms with van der Waals surface area (Å²) in [7, 11) is 0. The fourth-order valence-electron chi connectivity index (χ4n) is 3.52. The fourth-order valence-corrected chi connectivity index (χ4v) is 4.25. The van der Waals surface area contributed by atoms with E-state index in [0.717, 1.165) is 24.1 Å². The molecule has 0 spiro atoms. The van der Waals surface area contributed by atoms with Gasteiger partial charge in [-0.3, -0.25) is 4.79 Å². The normalized spacial score (nSPS) is 18.2. The Hall–Kier alpha value is -1.72. The first kappa shape index (κ1) is 15.8. The quantitative estimate of drug-likeness (QED) is 0.915. The summed E-state index contributed by atoms with van der Waals surface area (Å²) in [6.45, 7) is 1.35. The Morgan fingerprint density at radius 3 is 2.79 bits per heavy atom. The van der Waals surface area contributed by atoms with E-state index < -0.39 is 0 Å². The van der Waals surface area contributed by atoms with Gasteiger partial charge in [0.1, 0.15) is 0 Å². The molecule has 0 saturated carbocycles. The topological polar surface area (TPSA) is 51.2 Å². The minimum Gasteiger partial charge on any atom is -0.381 e. The third-order valence-corrected chi connectivity index (χ3v) is 5.73. The van der Waals surface area contributed by atoms with E-state index in [-0.39, 0.29) is 11.8 Å². The van der Waals surface area contributed by atoms with Gasteiger partial charge >= 0.3 is 0 Å². The molecule has 1 aliphatic heterocycles. The number of amides is 1. The van der Waals surface area contributed by atoms with Crippen molar-refractivity contribution >= 4 is 22.4 Å². The largest absolute Gasteiger partial charge is 0.381 e. The first-order valence-electron chi connectivity index (χ1n) is 8.76. The number of nitrogens with one attached hydrogen (secondary N) is 1. The Morgan fingerprint density at radius 2 is 1.96 bits per heavy atom. The summed E-state index contributed by atoms with van der Waals surface area (Å²) in [6, 6.07) is 6.67. The summed E-state index contributed by atoms with van der Waals surface area (Å²) >= 11 is 1.50. The van der Waals surface area contributed by atoms with Crippen molar-refractivity contribution in [2.75, 3.05) is 18.5 Å². The van der Waals surface area contributed by atoms with E-state index >= 15 is 0 Å². The fraction of sp³-hybridized carbons (Fsp3) is 0.474. The Kier molecular flexibility index (Phi) is 4.63. The first-order valence-corrected chi connectivity index (χ1v) is 9.64. The average Bonchev–Trinajstić information content (AvgIpc) is 3.10. The van der Waals surface area contributed by atoms with Crippen molar-refractivity contribution in [1.29, 1.82) is 0 Å². The Balaban J connectivity index is 1.47. The van der Waals surface area contributed by atoms with Crippen LogP contribution in [0.5, 0.6) is 0 Å². The summed E-state index contributed by atoms with van der Waals surface area (Å²) < 4.78 is 5.31. The molecule has 24 heavy (non-hydrogen) atoms. The van der Waals surface area contributed by atoms with Crippen LogP contribution in [0.15, 0.2) is 23.6 Å². The number of carbonyl (C=O) groups is 1. The molecular weight excluding hydrogens is 320 g/mol. The molecule has 1 aromatic carbocycles. The molecule has 126 valence electrons. The highest BCUT2D eigenvalue weighted by Gasteiger charge is 2.22. The standard InChI is InChI=1S/C19H22N2O2S/c22-18(14-7-9-23-10-8-14)21-19-20-17(12-24-19)16-6-5-13-3-1-2-4-15(13)11-16/h5-6,11-12,14H,1-4,7-10H2,(H,20,21,22). The minimum atomic E-state index is 0.0508. The van der Waals surface area contributed by atoms with Crippen LogP contribution >= 0.6 is 11.3 Å². The number of rotatable bonds is 3. The molecule has 0 atom stereocenters.